The van der Waals surface area contributed by atoms with Crippen molar-refractivity contribution in [2.75, 3.05) is 13.1 Å². The molecule has 4 rings (SSSR count). The molecule has 178 valence electrons. The third-order valence-corrected chi connectivity index (χ3v) is 6.49. The fraction of sp³-hybridized carbons (Fsp3) is 0.259. The standard InChI is InChI=1S/C27H24Cl2F3NO/c28-19-14-22-21-13-18(27(30,31)32)8-9-20(21)24(16-23(22)25(29)15-19)26(34)10-12-33-11-4-7-17-5-2-1-3-6-17/h1-3,5-6,8-9,13-16,26,33-34H,4,7,10-12H2. The Kier molecular flexibility index (Phi) is 7.68. The van der Waals surface area contributed by atoms with Crippen molar-refractivity contribution in [1.29, 1.82) is 0 Å². The second-order valence-electron chi connectivity index (χ2n) is 8.35. The van der Waals surface area contributed by atoms with Crippen LogP contribution in [0.25, 0.3) is 21.5 Å². The highest BCUT2D eigenvalue weighted by Gasteiger charge is 2.31. The quantitative estimate of drug-likeness (QED) is 0.188. The van der Waals surface area contributed by atoms with Crippen LogP contribution in [0.3, 0.4) is 0 Å². The van der Waals surface area contributed by atoms with Gasteiger partial charge in [-0.05, 0) is 90.0 Å². The van der Waals surface area contributed by atoms with Crippen molar-refractivity contribution in [3.63, 3.8) is 0 Å². The van der Waals surface area contributed by atoms with Crippen molar-refractivity contribution in [2.24, 2.45) is 0 Å². The van der Waals surface area contributed by atoms with Gasteiger partial charge in [0.1, 0.15) is 0 Å². The number of alkyl halides is 3. The third kappa shape index (κ3) is 5.66. The molecular formula is C27H24Cl2F3NO. The van der Waals surface area contributed by atoms with Gasteiger partial charge in [0.15, 0.2) is 0 Å². The summed E-state index contributed by atoms with van der Waals surface area (Å²) in [4.78, 5) is 0. The van der Waals surface area contributed by atoms with Gasteiger partial charge in [0, 0.05) is 15.4 Å². The fourth-order valence-electron chi connectivity index (χ4n) is 4.24. The molecular weight excluding hydrogens is 482 g/mol. The number of aliphatic hydroxyl groups is 1. The Morgan fingerprint density at radius 2 is 1.56 bits per heavy atom. The molecule has 2 N–H and O–H groups in total. The summed E-state index contributed by atoms with van der Waals surface area (Å²) in [5.74, 6) is 0. The van der Waals surface area contributed by atoms with Crippen LogP contribution in [0.5, 0.6) is 0 Å². The molecule has 0 aliphatic heterocycles. The maximum Gasteiger partial charge on any atom is 0.416 e. The van der Waals surface area contributed by atoms with Crippen LogP contribution in [0.2, 0.25) is 10.0 Å². The van der Waals surface area contributed by atoms with Crippen LogP contribution in [0.1, 0.15) is 35.6 Å². The van der Waals surface area contributed by atoms with E-state index >= 15 is 0 Å². The number of aryl methyl sites for hydroxylation is 1. The largest absolute Gasteiger partial charge is 0.416 e. The van der Waals surface area contributed by atoms with E-state index in [0.717, 1.165) is 31.5 Å². The van der Waals surface area contributed by atoms with E-state index in [4.69, 9.17) is 23.2 Å². The summed E-state index contributed by atoms with van der Waals surface area (Å²) < 4.78 is 40.2. The van der Waals surface area contributed by atoms with Gasteiger partial charge in [0.25, 0.3) is 0 Å². The summed E-state index contributed by atoms with van der Waals surface area (Å²) in [6.45, 7) is 1.38. The smallest absolute Gasteiger partial charge is 0.388 e. The first-order valence-corrected chi connectivity index (χ1v) is 11.8. The highest BCUT2D eigenvalue weighted by molar-refractivity contribution is 6.39. The molecule has 2 nitrogen and oxygen atoms in total. The molecule has 4 aromatic rings. The molecule has 0 radical (unpaired) electrons. The summed E-state index contributed by atoms with van der Waals surface area (Å²) >= 11 is 12.5. The van der Waals surface area contributed by atoms with E-state index in [-0.39, 0.29) is 0 Å². The Hall–Kier alpha value is -2.31. The topological polar surface area (TPSA) is 32.3 Å². The van der Waals surface area contributed by atoms with Crippen molar-refractivity contribution in [3.05, 3.63) is 93.5 Å². The highest BCUT2D eigenvalue weighted by Crippen LogP contribution is 2.40. The zero-order valence-electron chi connectivity index (χ0n) is 18.3. The molecule has 0 saturated heterocycles. The zero-order valence-corrected chi connectivity index (χ0v) is 19.8. The van der Waals surface area contributed by atoms with Gasteiger partial charge >= 0.3 is 6.18 Å². The average molecular weight is 506 g/mol. The van der Waals surface area contributed by atoms with Crippen LogP contribution in [-0.4, -0.2) is 18.2 Å². The minimum absolute atomic E-state index is 0.328. The number of fused-ring (bicyclic) bond motifs is 3. The van der Waals surface area contributed by atoms with Gasteiger partial charge in [-0.3, -0.25) is 0 Å². The van der Waals surface area contributed by atoms with E-state index in [9.17, 15) is 18.3 Å². The molecule has 0 amide bonds. The maximum absolute atomic E-state index is 13.4. The molecule has 34 heavy (non-hydrogen) atoms. The molecule has 0 saturated carbocycles. The number of hydrogen-bond acceptors (Lipinski definition) is 2. The van der Waals surface area contributed by atoms with E-state index in [1.165, 1.54) is 11.6 Å². The monoisotopic (exact) mass is 505 g/mol. The zero-order chi connectivity index (χ0) is 24.3. The maximum atomic E-state index is 13.4. The number of halogens is 5. The van der Waals surface area contributed by atoms with Crippen molar-refractivity contribution < 1.29 is 18.3 Å². The fourth-order valence-corrected chi connectivity index (χ4v) is 4.79. The van der Waals surface area contributed by atoms with E-state index in [2.05, 4.69) is 17.4 Å². The lowest BCUT2D eigenvalue weighted by atomic mass is 9.92. The van der Waals surface area contributed by atoms with Crippen LogP contribution in [0, 0.1) is 0 Å². The summed E-state index contributed by atoms with van der Waals surface area (Å²) in [5.41, 5.74) is 1.07. The molecule has 4 aromatic carbocycles. The van der Waals surface area contributed by atoms with Crippen molar-refractivity contribution in [2.45, 2.75) is 31.5 Å². The molecule has 0 aliphatic carbocycles. The lowest BCUT2D eigenvalue weighted by Gasteiger charge is -2.18. The first kappa shape index (κ1) is 24.8. The molecule has 7 heteroatoms. The Bertz CT molecular complexity index is 1290. The molecule has 0 spiro atoms. The predicted octanol–water partition coefficient (Wildman–Crippen LogP) is 7.96. The lowest BCUT2D eigenvalue weighted by Crippen LogP contribution is -2.19. The number of aliphatic hydroxyl groups excluding tert-OH is 1. The normalized spacial score (nSPS) is 13.0. The number of nitrogens with one attached hydrogen (secondary N) is 1. The van der Waals surface area contributed by atoms with Crippen LogP contribution < -0.4 is 5.32 Å². The summed E-state index contributed by atoms with van der Waals surface area (Å²) in [6.07, 6.45) is -3.00. The second-order valence-corrected chi connectivity index (χ2v) is 9.19. The van der Waals surface area contributed by atoms with Gasteiger partial charge in [-0.25, -0.2) is 0 Å². The minimum Gasteiger partial charge on any atom is -0.388 e. The van der Waals surface area contributed by atoms with Gasteiger partial charge in [0.2, 0.25) is 0 Å². The summed E-state index contributed by atoms with van der Waals surface area (Å²) in [5, 5.41) is 17.0. The second kappa shape index (κ2) is 10.5. The SMILES string of the molecule is OC(CCNCCCc1ccccc1)c1cc2c(Cl)cc(Cl)cc2c2cc(C(F)(F)F)ccc12. The van der Waals surface area contributed by atoms with E-state index in [0.29, 0.717) is 50.1 Å². The summed E-state index contributed by atoms with van der Waals surface area (Å²) in [6, 6.07) is 18.7. The average Bonchev–Trinajstić information content (AvgIpc) is 2.80. The number of benzene rings is 4. The Labute approximate surface area is 206 Å². The van der Waals surface area contributed by atoms with Gasteiger partial charge in [-0.15, -0.1) is 0 Å². The lowest BCUT2D eigenvalue weighted by molar-refractivity contribution is -0.137. The first-order valence-electron chi connectivity index (χ1n) is 11.1. The van der Waals surface area contributed by atoms with Gasteiger partial charge in [-0.1, -0.05) is 59.6 Å². The minimum atomic E-state index is -4.48. The first-order chi connectivity index (χ1) is 16.2. The van der Waals surface area contributed by atoms with Crippen LogP contribution >= 0.6 is 23.2 Å². The van der Waals surface area contributed by atoms with E-state index in [1.807, 2.05) is 18.2 Å². The number of hydrogen-bond donors (Lipinski definition) is 2. The van der Waals surface area contributed by atoms with Crippen molar-refractivity contribution in [3.8, 4) is 0 Å². The predicted molar refractivity (Wildman–Crippen MR) is 134 cm³/mol. The molecule has 0 heterocycles. The molecule has 0 aliphatic rings. The Balaban J connectivity index is 1.54. The van der Waals surface area contributed by atoms with Gasteiger partial charge < -0.3 is 10.4 Å². The molecule has 0 bridgehead atoms. The Morgan fingerprint density at radius 1 is 0.824 bits per heavy atom. The van der Waals surface area contributed by atoms with Gasteiger partial charge in [0.05, 0.1) is 11.7 Å². The molecule has 1 unspecified atom stereocenters. The third-order valence-electron chi connectivity index (χ3n) is 5.96. The van der Waals surface area contributed by atoms with Crippen molar-refractivity contribution >= 4 is 44.7 Å². The Morgan fingerprint density at radius 3 is 2.29 bits per heavy atom. The van der Waals surface area contributed by atoms with Crippen molar-refractivity contribution in [1.82, 2.24) is 5.32 Å². The van der Waals surface area contributed by atoms with E-state index < -0.39 is 17.8 Å². The highest BCUT2D eigenvalue weighted by atomic mass is 35.5. The molecule has 1 atom stereocenters. The summed E-state index contributed by atoms with van der Waals surface area (Å²) in [7, 11) is 0. The van der Waals surface area contributed by atoms with Crippen LogP contribution in [0.15, 0.2) is 66.7 Å². The van der Waals surface area contributed by atoms with Gasteiger partial charge in [-0.2, -0.15) is 13.2 Å². The van der Waals surface area contributed by atoms with E-state index in [1.54, 1.807) is 18.2 Å². The number of rotatable bonds is 8. The van der Waals surface area contributed by atoms with Crippen LogP contribution in [-0.2, 0) is 12.6 Å². The molecule has 0 aromatic heterocycles. The molecule has 0 fully saturated rings. The van der Waals surface area contributed by atoms with Crippen LogP contribution in [0.4, 0.5) is 13.2 Å².